The number of hydrogen-bond donors (Lipinski definition) is 0. The summed E-state index contributed by atoms with van der Waals surface area (Å²) in [6.07, 6.45) is -2.37. The van der Waals surface area contributed by atoms with Crippen molar-refractivity contribution in [2.24, 2.45) is 0 Å². The van der Waals surface area contributed by atoms with Crippen LogP contribution in [-0.4, -0.2) is 36.4 Å². The van der Waals surface area contributed by atoms with Gasteiger partial charge in [0.15, 0.2) is 16.6 Å². The first-order valence-corrected chi connectivity index (χ1v) is 18.0. The van der Waals surface area contributed by atoms with Gasteiger partial charge in [0.2, 0.25) is 8.32 Å². The Kier molecular flexibility index (Phi) is 8.45. The molecular weight excluding hydrogens is 377 g/mol. The van der Waals surface area contributed by atoms with Crippen molar-refractivity contribution in [3.05, 3.63) is 12.7 Å². The van der Waals surface area contributed by atoms with Crippen molar-refractivity contribution in [2.45, 2.75) is 95.9 Å². The Hall–Kier alpha value is 0.101. The maximum atomic E-state index is 12.9. The second kappa shape index (κ2) is 8.41. The lowest BCUT2D eigenvalue weighted by Gasteiger charge is -2.49. The molecule has 8 heteroatoms. The molecule has 150 valence electrons. The standard InChI is InChI=1S/C17H37F3O2Si3/c1-11-15(3)25(10,14-13-17(18,19)20)21-16(4,12-2)24(8,9)22-23(5,6)7/h12,15H,2,11,13-14H2,1,3-10H3. The Morgan fingerprint density at radius 1 is 1.08 bits per heavy atom. The van der Waals surface area contributed by atoms with E-state index in [1.807, 2.05) is 27.3 Å². The van der Waals surface area contributed by atoms with Gasteiger partial charge in [0.1, 0.15) is 0 Å². The average Bonchev–Trinajstić information content (AvgIpc) is 2.40. The van der Waals surface area contributed by atoms with Gasteiger partial charge in [-0.25, -0.2) is 0 Å². The van der Waals surface area contributed by atoms with Crippen LogP contribution < -0.4 is 0 Å². The molecule has 0 aromatic heterocycles. The van der Waals surface area contributed by atoms with Gasteiger partial charge >= 0.3 is 6.18 Å². The molecule has 0 aliphatic rings. The van der Waals surface area contributed by atoms with Crippen molar-refractivity contribution in [1.29, 1.82) is 0 Å². The van der Waals surface area contributed by atoms with E-state index in [9.17, 15) is 13.2 Å². The van der Waals surface area contributed by atoms with Gasteiger partial charge in [0.05, 0.1) is 5.22 Å². The number of rotatable bonds is 10. The van der Waals surface area contributed by atoms with Crippen molar-refractivity contribution in [2.75, 3.05) is 0 Å². The largest absolute Gasteiger partial charge is 0.454 e. The van der Waals surface area contributed by atoms with E-state index in [0.29, 0.717) is 0 Å². The number of halogens is 3. The SMILES string of the molecule is C=CC(C)(O[Si](C)(CCC(F)(F)F)C(C)CC)[Si](C)(C)O[Si](C)(C)C. The Labute approximate surface area is 155 Å². The highest BCUT2D eigenvalue weighted by molar-refractivity contribution is 6.86. The highest BCUT2D eigenvalue weighted by Gasteiger charge is 2.51. The summed E-state index contributed by atoms with van der Waals surface area (Å²) in [5.74, 6) is 0. The molecule has 0 fully saturated rings. The van der Waals surface area contributed by atoms with Crippen LogP contribution in [-0.2, 0) is 8.54 Å². The molecule has 3 unspecified atom stereocenters. The summed E-state index contributed by atoms with van der Waals surface area (Å²) in [5.41, 5.74) is 0.130. The molecule has 3 atom stereocenters. The third kappa shape index (κ3) is 7.70. The molecule has 25 heavy (non-hydrogen) atoms. The first kappa shape index (κ1) is 25.1. The highest BCUT2D eigenvalue weighted by Crippen LogP contribution is 2.41. The van der Waals surface area contributed by atoms with E-state index in [2.05, 4.69) is 39.3 Å². The molecule has 0 amide bonds. The monoisotopic (exact) mass is 414 g/mol. The van der Waals surface area contributed by atoms with Gasteiger partial charge < -0.3 is 8.54 Å². The summed E-state index contributed by atoms with van der Waals surface area (Å²) in [7, 11) is -6.79. The van der Waals surface area contributed by atoms with Crippen LogP contribution in [0.15, 0.2) is 12.7 Å². The zero-order valence-electron chi connectivity index (χ0n) is 17.4. The van der Waals surface area contributed by atoms with Crippen LogP contribution >= 0.6 is 0 Å². The number of alkyl halides is 3. The van der Waals surface area contributed by atoms with Crippen molar-refractivity contribution in [3.63, 3.8) is 0 Å². The Morgan fingerprint density at radius 2 is 1.56 bits per heavy atom. The molecule has 0 aromatic carbocycles. The van der Waals surface area contributed by atoms with E-state index in [1.165, 1.54) is 0 Å². The summed E-state index contributed by atoms with van der Waals surface area (Å²) in [6.45, 7) is 22.4. The Morgan fingerprint density at radius 3 is 1.88 bits per heavy atom. The first-order chi connectivity index (χ1) is 10.9. The molecule has 0 N–H and O–H groups in total. The molecular formula is C17H37F3O2Si3. The predicted octanol–water partition coefficient (Wildman–Crippen LogP) is 6.87. The van der Waals surface area contributed by atoms with E-state index in [1.54, 1.807) is 6.08 Å². The van der Waals surface area contributed by atoms with Crippen LogP contribution in [0.2, 0.25) is 50.9 Å². The Bertz CT molecular complexity index is 449. The first-order valence-electron chi connectivity index (χ1n) is 9.02. The fourth-order valence-corrected chi connectivity index (χ4v) is 15.6. The molecule has 0 saturated heterocycles. The fraction of sp³-hybridized carbons (Fsp3) is 0.882. The van der Waals surface area contributed by atoms with Gasteiger partial charge in [-0.05, 0) is 57.8 Å². The van der Waals surface area contributed by atoms with Gasteiger partial charge in [-0.15, -0.1) is 6.58 Å². The molecule has 0 spiro atoms. The average molecular weight is 415 g/mol. The predicted molar refractivity (Wildman–Crippen MR) is 108 cm³/mol. The van der Waals surface area contributed by atoms with Crippen LogP contribution in [0.3, 0.4) is 0 Å². The minimum absolute atomic E-state index is 0.0758. The van der Waals surface area contributed by atoms with Crippen LogP contribution in [0, 0.1) is 0 Å². The fourth-order valence-electron chi connectivity index (χ4n) is 2.98. The van der Waals surface area contributed by atoms with Crippen LogP contribution in [0.25, 0.3) is 0 Å². The lowest BCUT2D eigenvalue weighted by atomic mass is 10.4. The molecule has 0 saturated carbocycles. The zero-order chi connectivity index (χ0) is 20.3. The van der Waals surface area contributed by atoms with E-state index >= 15 is 0 Å². The summed E-state index contributed by atoms with van der Waals surface area (Å²) < 4.78 is 51.7. The summed E-state index contributed by atoms with van der Waals surface area (Å²) in [6, 6.07) is 0.0758. The van der Waals surface area contributed by atoms with Crippen LogP contribution in [0.1, 0.15) is 33.6 Å². The second-order valence-corrected chi connectivity index (χ2v) is 22.2. The number of hydrogen-bond acceptors (Lipinski definition) is 2. The smallest absolute Gasteiger partial charge is 0.388 e. The summed E-state index contributed by atoms with van der Waals surface area (Å²) in [4.78, 5) is 0. The molecule has 0 rings (SSSR count). The van der Waals surface area contributed by atoms with E-state index < -0.39 is 42.8 Å². The molecule has 0 bridgehead atoms. The van der Waals surface area contributed by atoms with Gasteiger partial charge in [-0.1, -0.05) is 26.3 Å². The van der Waals surface area contributed by atoms with Crippen LogP contribution in [0.4, 0.5) is 13.2 Å². The highest BCUT2D eigenvalue weighted by atomic mass is 28.4. The Balaban J connectivity index is 5.70. The molecule has 0 radical (unpaired) electrons. The normalized spacial score (nSPS) is 19.8. The van der Waals surface area contributed by atoms with Crippen molar-refractivity contribution >= 4 is 25.0 Å². The second-order valence-electron chi connectivity index (χ2n) is 8.88. The van der Waals surface area contributed by atoms with E-state index in [-0.39, 0.29) is 11.6 Å². The third-order valence-corrected chi connectivity index (χ3v) is 17.2. The van der Waals surface area contributed by atoms with Gasteiger partial charge in [-0.3, -0.25) is 0 Å². The molecule has 0 aliphatic carbocycles. The lowest BCUT2D eigenvalue weighted by Crippen LogP contribution is -2.63. The van der Waals surface area contributed by atoms with Gasteiger partial charge in [0.25, 0.3) is 0 Å². The zero-order valence-corrected chi connectivity index (χ0v) is 20.4. The minimum Gasteiger partial charge on any atom is -0.454 e. The molecule has 0 aliphatic heterocycles. The topological polar surface area (TPSA) is 18.5 Å². The van der Waals surface area contributed by atoms with Gasteiger partial charge in [-0.2, -0.15) is 13.2 Å². The minimum atomic E-state index is -4.16. The van der Waals surface area contributed by atoms with E-state index in [4.69, 9.17) is 8.54 Å². The van der Waals surface area contributed by atoms with Crippen molar-refractivity contribution in [1.82, 2.24) is 0 Å². The summed E-state index contributed by atoms with van der Waals surface area (Å²) >= 11 is 0. The van der Waals surface area contributed by atoms with Crippen LogP contribution in [0.5, 0.6) is 0 Å². The maximum Gasteiger partial charge on any atom is 0.388 e. The summed E-state index contributed by atoms with van der Waals surface area (Å²) in [5, 5.41) is -0.705. The van der Waals surface area contributed by atoms with Crippen molar-refractivity contribution in [3.8, 4) is 0 Å². The molecule has 0 aromatic rings. The maximum absolute atomic E-state index is 12.9. The quantitative estimate of drug-likeness (QED) is 0.287. The van der Waals surface area contributed by atoms with Gasteiger partial charge in [0, 0.05) is 6.42 Å². The molecule has 2 nitrogen and oxygen atoms in total. The van der Waals surface area contributed by atoms with Crippen molar-refractivity contribution < 1.29 is 21.7 Å². The lowest BCUT2D eigenvalue weighted by molar-refractivity contribution is -0.131. The molecule has 0 heterocycles. The van der Waals surface area contributed by atoms with E-state index in [0.717, 1.165) is 6.42 Å². The third-order valence-electron chi connectivity index (χ3n) is 5.15.